The van der Waals surface area contributed by atoms with Gasteiger partial charge in [-0.25, -0.2) is 8.42 Å². The van der Waals surface area contributed by atoms with Gasteiger partial charge < -0.3 is 9.73 Å². The van der Waals surface area contributed by atoms with Crippen LogP contribution in [0.1, 0.15) is 11.3 Å². The van der Waals surface area contributed by atoms with E-state index in [4.69, 9.17) is 4.42 Å². The molecule has 1 aromatic heterocycles. The lowest BCUT2D eigenvalue weighted by atomic mass is 10.2. The van der Waals surface area contributed by atoms with Crippen LogP contribution >= 0.6 is 31.9 Å². The summed E-state index contributed by atoms with van der Waals surface area (Å²) in [4.78, 5) is 0. The molecule has 5 nitrogen and oxygen atoms in total. The molecule has 0 aliphatic rings. The zero-order valence-electron chi connectivity index (χ0n) is 11.4. The summed E-state index contributed by atoms with van der Waals surface area (Å²) in [6.45, 7) is 2.38. The Balaban J connectivity index is 2.06. The van der Waals surface area contributed by atoms with Gasteiger partial charge in [0.25, 0.3) is 0 Å². The van der Waals surface area contributed by atoms with Crippen molar-refractivity contribution in [3.63, 3.8) is 0 Å². The Hall–Kier alpha value is -0.990. The van der Waals surface area contributed by atoms with Crippen LogP contribution in [0.15, 0.2) is 37.8 Å². The highest BCUT2D eigenvalue weighted by atomic mass is 79.9. The monoisotopic (exact) mass is 436 g/mol. The van der Waals surface area contributed by atoms with Gasteiger partial charge in [0.1, 0.15) is 5.76 Å². The number of anilines is 2. The Morgan fingerprint density at radius 1 is 1.24 bits per heavy atom. The van der Waals surface area contributed by atoms with Crippen LogP contribution in [0.2, 0.25) is 0 Å². The highest BCUT2D eigenvalue weighted by Gasteiger charge is 2.08. The first-order valence-corrected chi connectivity index (χ1v) is 9.48. The summed E-state index contributed by atoms with van der Waals surface area (Å²) >= 11 is 6.64. The predicted octanol–water partition coefficient (Wildman–Crippen LogP) is 4.10. The zero-order valence-corrected chi connectivity index (χ0v) is 15.4. The van der Waals surface area contributed by atoms with Gasteiger partial charge in [-0.3, -0.25) is 4.72 Å². The maximum atomic E-state index is 11.2. The summed E-state index contributed by atoms with van der Waals surface area (Å²) in [6.07, 6.45) is 1.13. The van der Waals surface area contributed by atoms with E-state index in [1.54, 1.807) is 6.07 Å². The molecule has 0 amide bonds. The molecule has 0 unspecified atom stereocenters. The second-order valence-corrected chi connectivity index (χ2v) is 7.91. The summed E-state index contributed by atoms with van der Waals surface area (Å²) in [6, 6.07) is 7.30. The van der Waals surface area contributed by atoms with Gasteiger partial charge in [0, 0.05) is 5.69 Å². The molecule has 114 valence electrons. The Labute approximate surface area is 140 Å². The van der Waals surface area contributed by atoms with Crippen molar-refractivity contribution in [2.24, 2.45) is 0 Å². The Morgan fingerprint density at radius 2 is 1.95 bits per heavy atom. The van der Waals surface area contributed by atoms with E-state index < -0.39 is 10.0 Å². The number of furan rings is 1. The second-order valence-electron chi connectivity index (χ2n) is 4.59. The summed E-state index contributed by atoms with van der Waals surface area (Å²) in [7, 11) is -3.27. The van der Waals surface area contributed by atoms with Crippen LogP contribution in [-0.2, 0) is 16.6 Å². The van der Waals surface area contributed by atoms with E-state index in [1.165, 1.54) is 0 Å². The van der Waals surface area contributed by atoms with Crippen molar-refractivity contribution in [3.8, 4) is 0 Å². The van der Waals surface area contributed by atoms with E-state index >= 15 is 0 Å². The topological polar surface area (TPSA) is 71.3 Å². The van der Waals surface area contributed by atoms with Crippen molar-refractivity contribution < 1.29 is 12.8 Å². The predicted molar refractivity (Wildman–Crippen MR) is 91.1 cm³/mol. The Bertz CT molecular complexity index is 737. The maximum Gasteiger partial charge on any atom is 0.229 e. The van der Waals surface area contributed by atoms with Gasteiger partial charge in [0.2, 0.25) is 10.0 Å². The van der Waals surface area contributed by atoms with Gasteiger partial charge >= 0.3 is 0 Å². The van der Waals surface area contributed by atoms with Gasteiger partial charge in [-0.05, 0) is 68.6 Å². The van der Waals surface area contributed by atoms with Crippen LogP contribution < -0.4 is 10.0 Å². The summed E-state index contributed by atoms with van der Waals surface area (Å²) in [5.41, 5.74) is 2.30. The van der Waals surface area contributed by atoms with E-state index in [0.717, 1.165) is 27.7 Å². The molecule has 2 N–H and O–H groups in total. The average Bonchev–Trinajstić information content (AvgIpc) is 2.68. The Kier molecular flexibility index (Phi) is 5.00. The van der Waals surface area contributed by atoms with E-state index in [0.29, 0.717) is 16.9 Å². The number of rotatable bonds is 5. The molecule has 2 aromatic rings. The number of sulfonamides is 1. The van der Waals surface area contributed by atoms with Crippen LogP contribution in [0, 0.1) is 6.92 Å². The molecule has 0 atom stereocenters. The highest BCUT2D eigenvalue weighted by Crippen LogP contribution is 2.27. The maximum absolute atomic E-state index is 11.2. The zero-order chi connectivity index (χ0) is 15.6. The number of hydrogen-bond acceptors (Lipinski definition) is 4. The largest absolute Gasteiger partial charge is 0.451 e. The SMILES string of the molecule is Cc1cc(NCc2cc(Br)c(Br)o2)ccc1NS(C)(=O)=O. The number of hydrogen-bond donors (Lipinski definition) is 2. The molecule has 0 bridgehead atoms. The summed E-state index contributed by atoms with van der Waals surface area (Å²) in [5, 5.41) is 3.22. The highest BCUT2D eigenvalue weighted by molar-refractivity contribution is 9.13. The molecule has 0 aliphatic carbocycles. The van der Waals surface area contributed by atoms with Crippen molar-refractivity contribution in [1.29, 1.82) is 0 Å². The number of halogens is 2. The molecule has 0 fully saturated rings. The minimum Gasteiger partial charge on any atom is -0.451 e. The van der Waals surface area contributed by atoms with Crippen molar-refractivity contribution in [2.75, 3.05) is 16.3 Å². The fourth-order valence-corrected chi connectivity index (χ4v) is 3.04. The lowest BCUT2D eigenvalue weighted by Crippen LogP contribution is -2.10. The molecule has 1 heterocycles. The van der Waals surface area contributed by atoms with Crippen LogP contribution in [0.25, 0.3) is 0 Å². The molecule has 8 heteroatoms. The van der Waals surface area contributed by atoms with Crippen molar-refractivity contribution in [1.82, 2.24) is 0 Å². The van der Waals surface area contributed by atoms with Crippen molar-refractivity contribution >= 4 is 53.3 Å². The van der Waals surface area contributed by atoms with Crippen LogP contribution in [0.4, 0.5) is 11.4 Å². The van der Waals surface area contributed by atoms with Crippen LogP contribution in [-0.4, -0.2) is 14.7 Å². The van der Waals surface area contributed by atoms with E-state index in [2.05, 4.69) is 41.9 Å². The summed E-state index contributed by atoms with van der Waals surface area (Å²) in [5.74, 6) is 0.782. The fourth-order valence-electron chi connectivity index (χ4n) is 1.76. The van der Waals surface area contributed by atoms with E-state index in [1.807, 2.05) is 25.1 Å². The molecule has 0 radical (unpaired) electrons. The third-order valence-electron chi connectivity index (χ3n) is 2.68. The first-order valence-electron chi connectivity index (χ1n) is 6.00. The second kappa shape index (κ2) is 6.41. The van der Waals surface area contributed by atoms with Gasteiger partial charge in [-0.2, -0.15) is 0 Å². The first kappa shape index (κ1) is 16.4. The van der Waals surface area contributed by atoms with Gasteiger partial charge in [0.15, 0.2) is 4.67 Å². The molecule has 1 aromatic carbocycles. The third-order valence-corrected chi connectivity index (χ3v) is 4.99. The standard InChI is InChI=1S/C13H14Br2N2O3S/c1-8-5-9(3-4-12(8)17-21(2,18)19)16-7-10-6-11(14)13(15)20-10/h3-6,16-17H,7H2,1-2H3. The molecular formula is C13H14Br2N2O3S. The minimum atomic E-state index is -3.27. The van der Waals surface area contributed by atoms with Crippen molar-refractivity contribution in [3.05, 3.63) is 44.7 Å². The fraction of sp³-hybridized carbons (Fsp3) is 0.231. The quantitative estimate of drug-likeness (QED) is 0.738. The molecular weight excluding hydrogens is 424 g/mol. The number of nitrogens with one attached hydrogen (secondary N) is 2. The Morgan fingerprint density at radius 3 is 2.48 bits per heavy atom. The van der Waals surface area contributed by atoms with E-state index in [9.17, 15) is 8.42 Å². The molecule has 0 saturated heterocycles. The van der Waals surface area contributed by atoms with Gasteiger partial charge in [-0.15, -0.1) is 0 Å². The molecule has 0 aliphatic heterocycles. The molecule has 0 saturated carbocycles. The third kappa shape index (κ3) is 4.76. The molecule has 21 heavy (non-hydrogen) atoms. The summed E-state index contributed by atoms with van der Waals surface area (Å²) < 4.78 is 31.9. The van der Waals surface area contributed by atoms with Crippen LogP contribution in [0.3, 0.4) is 0 Å². The van der Waals surface area contributed by atoms with E-state index in [-0.39, 0.29) is 0 Å². The lowest BCUT2D eigenvalue weighted by molar-refractivity contribution is 0.494. The number of aryl methyl sites for hydroxylation is 1. The molecule has 2 rings (SSSR count). The molecule has 0 spiro atoms. The lowest BCUT2D eigenvalue weighted by Gasteiger charge is -2.10. The normalized spacial score (nSPS) is 11.4. The van der Waals surface area contributed by atoms with Gasteiger partial charge in [0.05, 0.1) is 23.0 Å². The van der Waals surface area contributed by atoms with Gasteiger partial charge in [-0.1, -0.05) is 0 Å². The van der Waals surface area contributed by atoms with Crippen molar-refractivity contribution in [2.45, 2.75) is 13.5 Å². The number of benzene rings is 1. The average molecular weight is 438 g/mol. The smallest absolute Gasteiger partial charge is 0.229 e. The first-order chi connectivity index (χ1) is 9.74. The van der Waals surface area contributed by atoms with Crippen LogP contribution in [0.5, 0.6) is 0 Å². The minimum absolute atomic E-state index is 0.530.